The molecule has 0 aromatic carbocycles. The third kappa shape index (κ3) is 4.63. The van der Waals surface area contributed by atoms with Crippen molar-refractivity contribution >= 4 is 43.0 Å². The molecule has 1 aromatic rings. The second-order valence-corrected chi connectivity index (χ2v) is 7.60. The first-order valence-corrected chi connectivity index (χ1v) is 8.16. The normalized spacial score (nSPS) is 11.4. The number of nitrogens with zero attached hydrogens (tertiary/aromatic N) is 1. The van der Waals surface area contributed by atoms with E-state index in [4.69, 9.17) is 0 Å². The number of amides is 1. The second-order valence-electron chi connectivity index (χ2n) is 3.55. The highest BCUT2D eigenvalue weighted by Crippen LogP contribution is 2.20. The Hall–Kier alpha value is -0.400. The van der Waals surface area contributed by atoms with E-state index in [2.05, 4.69) is 15.9 Å². The van der Waals surface area contributed by atoms with E-state index < -0.39 is 15.6 Å². The zero-order chi connectivity index (χ0) is 12.3. The number of hydrogen-bond donors (Lipinski definition) is 0. The fourth-order valence-corrected chi connectivity index (χ4v) is 3.27. The molecule has 1 heterocycles. The standard InChI is InChI=1S/C9H12BrNO3S2/c1-11(9(12)6-16(2,13)14)4-8-3-7(10)5-15-8/h3,5H,4,6H2,1-2H3. The van der Waals surface area contributed by atoms with E-state index in [0.29, 0.717) is 6.54 Å². The van der Waals surface area contributed by atoms with Gasteiger partial charge in [-0.1, -0.05) is 0 Å². The topological polar surface area (TPSA) is 54.5 Å². The first-order chi connectivity index (χ1) is 7.28. The Morgan fingerprint density at radius 2 is 2.19 bits per heavy atom. The predicted molar refractivity (Wildman–Crippen MR) is 68.2 cm³/mol. The van der Waals surface area contributed by atoms with E-state index in [1.54, 1.807) is 7.05 Å². The fourth-order valence-electron chi connectivity index (χ4n) is 1.09. The minimum Gasteiger partial charge on any atom is -0.340 e. The zero-order valence-corrected chi connectivity index (χ0v) is 12.2. The van der Waals surface area contributed by atoms with Gasteiger partial charge in [-0.15, -0.1) is 11.3 Å². The molecule has 0 aliphatic heterocycles. The molecule has 0 spiro atoms. The molecule has 90 valence electrons. The van der Waals surface area contributed by atoms with Gasteiger partial charge in [0, 0.05) is 28.0 Å². The van der Waals surface area contributed by atoms with Crippen LogP contribution in [-0.4, -0.2) is 38.3 Å². The van der Waals surface area contributed by atoms with Gasteiger partial charge >= 0.3 is 0 Å². The largest absolute Gasteiger partial charge is 0.340 e. The lowest BCUT2D eigenvalue weighted by atomic mass is 10.4. The molecule has 0 saturated heterocycles. The summed E-state index contributed by atoms with van der Waals surface area (Å²) < 4.78 is 22.9. The average Bonchev–Trinajstić information content (AvgIpc) is 2.48. The van der Waals surface area contributed by atoms with Gasteiger partial charge in [0.15, 0.2) is 9.84 Å². The summed E-state index contributed by atoms with van der Waals surface area (Å²) in [5, 5.41) is 1.92. The lowest BCUT2D eigenvalue weighted by molar-refractivity contribution is -0.127. The van der Waals surface area contributed by atoms with Crippen LogP contribution in [0.2, 0.25) is 0 Å². The minimum atomic E-state index is -3.25. The lowest BCUT2D eigenvalue weighted by Gasteiger charge is -2.15. The molecule has 0 atom stereocenters. The number of halogens is 1. The Bertz CT molecular complexity index is 481. The predicted octanol–water partition coefficient (Wildman–Crippen LogP) is 1.51. The molecule has 16 heavy (non-hydrogen) atoms. The van der Waals surface area contributed by atoms with Crippen molar-refractivity contribution in [1.82, 2.24) is 4.90 Å². The number of carbonyl (C=O) groups excluding carboxylic acids is 1. The zero-order valence-electron chi connectivity index (χ0n) is 8.94. The summed E-state index contributed by atoms with van der Waals surface area (Å²) >= 11 is 4.84. The highest BCUT2D eigenvalue weighted by atomic mass is 79.9. The molecule has 1 amide bonds. The maximum atomic E-state index is 11.5. The van der Waals surface area contributed by atoms with Gasteiger partial charge < -0.3 is 4.90 Å². The minimum absolute atomic E-state index is 0.382. The van der Waals surface area contributed by atoms with E-state index in [0.717, 1.165) is 15.6 Å². The van der Waals surface area contributed by atoms with Crippen LogP contribution in [0.15, 0.2) is 15.9 Å². The summed E-state index contributed by atoms with van der Waals surface area (Å²) in [6.45, 7) is 0.435. The molecule has 0 N–H and O–H groups in total. The van der Waals surface area contributed by atoms with Crippen molar-refractivity contribution in [2.75, 3.05) is 19.1 Å². The average molecular weight is 326 g/mol. The molecule has 4 nitrogen and oxygen atoms in total. The van der Waals surface area contributed by atoms with Crippen molar-refractivity contribution in [3.05, 3.63) is 20.8 Å². The quantitative estimate of drug-likeness (QED) is 0.843. The Morgan fingerprint density at radius 1 is 1.56 bits per heavy atom. The van der Waals surface area contributed by atoms with Crippen molar-refractivity contribution in [2.45, 2.75) is 6.54 Å². The van der Waals surface area contributed by atoms with Crippen LogP contribution in [0.1, 0.15) is 4.88 Å². The summed E-state index contributed by atoms with van der Waals surface area (Å²) in [5.41, 5.74) is 0. The summed E-state index contributed by atoms with van der Waals surface area (Å²) in [4.78, 5) is 13.9. The highest BCUT2D eigenvalue weighted by Gasteiger charge is 2.15. The molecule has 0 unspecified atom stereocenters. The van der Waals surface area contributed by atoms with Gasteiger partial charge in [0.1, 0.15) is 5.75 Å². The molecule has 0 bridgehead atoms. The van der Waals surface area contributed by atoms with E-state index >= 15 is 0 Å². The number of hydrogen-bond acceptors (Lipinski definition) is 4. The van der Waals surface area contributed by atoms with Crippen LogP contribution in [0.3, 0.4) is 0 Å². The smallest absolute Gasteiger partial charge is 0.237 e. The SMILES string of the molecule is CN(Cc1cc(Br)cs1)C(=O)CS(C)(=O)=O. The van der Waals surface area contributed by atoms with Crippen LogP contribution in [0.25, 0.3) is 0 Å². The molecule has 0 saturated carbocycles. The van der Waals surface area contributed by atoms with Gasteiger partial charge in [0.25, 0.3) is 0 Å². The van der Waals surface area contributed by atoms with Crippen LogP contribution in [0, 0.1) is 0 Å². The van der Waals surface area contributed by atoms with Gasteiger partial charge in [0.05, 0.1) is 6.54 Å². The van der Waals surface area contributed by atoms with Crippen LogP contribution >= 0.6 is 27.3 Å². The van der Waals surface area contributed by atoms with E-state index in [-0.39, 0.29) is 5.91 Å². The monoisotopic (exact) mass is 325 g/mol. The fraction of sp³-hybridized carbons (Fsp3) is 0.444. The van der Waals surface area contributed by atoms with Gasteiger partial charge in [-0.05, 0) is 22.0 Å². The Morgan fingerprint density at radius 3 is 2.62 bits per heavy atom. The van der Waals surface area contributed by atoms with Gasteiger partial charge in [-0.25, -0.2) is 8.42 Å². The molecular formula is C9H12BrNO3S2. The Labute approximate surface area is 107 Å². The number of rotatable bonds is 4. The number of carbonyl (C=O) groups is 1. The number of sulfone groups is 1. The summed E-state index contributed by atoms with van der Waals surface area (Å²) in [6, 6.07) is 1.91. The van der Waals surface area contributed by atoms with Crippen molar-refractivity contribution in [2.24, 2.45) is 0 Å². The Kier molecular flexibility index (Phi) is 4.52. The second kappa shape index (κ2) is 5.29. The molecular weight excluding hydrogens is 314 g/mol. The lowest BCUT2D eigenvalue weighted by Crippen LogP contribution is -2.31. The van der Waals surface area contributed by atoms with Crippen molar-refractivity contribution in [3.8, 4) is 0 Å². The van der Waals surface area contributed by atoms with Gasteiger partial charge in [-0.3, -0.25) is 4.79 Å². The maximum absolute atomic E-state index is 11.5. The van der Waals surface area contributed by atoms with Gasteiger partial charge in [0.2, 0.25) is 5.91 Å². The van der Waals surface area contributed by atoms with Crippen LogP contribution in [-0.2, 0) is 21.2 Å². The molecule has 0 aliphatic carbocycles. The molecule has 7 heteroatoms. The first-order valence-electron chi connectivity index (χ1n) is 4.42. The van der Waals surface area contributed by atoms with Crippen molar-refractivity contribution < 1.29 is 13.2 Å². The first kappa shape index (κ1) is 13.7. The third-order valence-electron chi connectivity index (χ3n) is 1.83. The number of thiophene rings is 1. The molecule has 0 radical (unpaired) electrons. The maximum Gasteiger partial charge on any atom is 0.237 e. The summed E-state index contributed by atoms with van der Waals surface area (Å²) in [7, 11) is -1.65. The highest BCUT2D eigenvalue weighted by molar-refractivity contribution is 9.10. The molecule has 1 rings (SSSR count). The van der Waals surface area contributed by atoms with E-state index in [1.165, 1.54) is 16.2 Å². The van der Waals surface area contributed by atoms with E-state index in [9.17, 15) is 13.2 Å². The van der Waals surface area contributed by atoms with Crippen LogP contribution in [0.5, 0.6) is 0 Å². The van der Waals surface area contributed by atoms with Crippen LogP contribution < -0.4 is 0 Å². The third-order valence-corrected chi connectivity index (χ3v) is 4.28. The van der Waals surface area contributed by atoms with Crippen molar-refractivity contribution in [3.63, 3.8) is 0 Å². The summed E-state index contributed by atoms with van der Waals surface area (Å²) in [5.74, 6) is -0.817. The molecule has 1 aromatic heterocycles. The molecule has 0 fully saturated rings. The summed E-state index contributed by atoms with van der Waals surface area (Å²) in [6.07, 6.45) is 1.06. The van der Waals surface area contributed by atoms with Crippen LogP contribution in [0.4, 0.5) is 0 Å². The van der Waals surface area contributed by atoms with Gasteiger partial charge in [-0.2, -0.15) is 0 Å². The van der Waals surface area contributed by atoms with E-state index in [1.807, 2.05) is 11.4 Å². The Balaban J connectivity index is 2.59. The van der Waals surface area contributed by atoms with Crippen molar-refractivity contribution in [1.29, 1.82) is 0 Å². The molecule has 0 aliphatic rings.